The third kappa shape index (κ3) is 4.88. The fourth-order valence-electron chi connectivity index (χ4n) is 2.85. The Kier molecular flexibility index (Phi) is 5.43. The third-order valence-corrected chi connectivity index (χ3v) is 5.33. The van der Waals surface area contributed by atoms with Gasteiger partial charge in [-0.05, 0) is 37.1 Å². The molecule has 0 saturated carbocycles. The maximum Gasteiger partial charge on any atom is 0.277 e. The van der Waals surface area contributed by atoms with E-state index in [0.29, 0.717) is 29.6 Å². The van der Waals surface area contributed by atoms with Crippen LogP contribution < -0.4 is 18.9 Å². The number of imidazole rings is 1. The summed E-state index contributed by atoms with van der Waals surface area (Å²) in [6, 6.07) is 7.29. The summed E-state index contributed by atoms with van der Waals surface area (Å²) in [5, 5.41) is 0. The van der Waals surface area contributed by atoms with Gasteiger partial charge in [0.25, 0.3) is 10.2 Å². The zero-order valence-corrected chi connectivity index (χ0v) is 16.5. The van der Waals surface area contributed by atoms with Crippen LogP contribution in [0.2, 0.25) is 0 Å². The van der Waals surface area contributed by atoms with Crippen LogP contribution >= 0.6 is 0 Å². The van der Waals surface area contributed by atoms with Gasteiger partial charge in [0.1, 0.15) is 6.33 Å². The first-order valence-corrected chi connectivity index (χ1v) is 10.4. The van der Waals surface area contributed by atoms with Crippen molar-refractivity contribution in [2.75, 3.05) is 13.3 Å². The van der Waals surface area contributed by atoms with E-state index in [9.17, 15) is 8.42 Å². The van der Waals surface area contributed by atoms with Crippen molar-refractivity contribution in [1.29, 1.82) is 0 Å². The Balaban J connectivity index is 1.32. The van der Waals surface area contributed by atoms with Gasteiger partial charge in [-0.25, -0.2) is 19.7 Å². The Morgan fingerprint density at radius 1 is 1.14 bits per heavy atom. The van der Waals surface area contributed by atoms with E-state index in [1.54, 1.807) is 29.4 Å². The second-order valence-electron chi connectivity index (χ2n) is 6.43. The molecule has 0 aliphatic carbocycles. The molecular formula is C18H20N6O4S. The highest BCUT2D eigenvalue weighted by Gasteiger charge is 2.14. The minimum atomic E-state index is -3.68. The van der Waals surface area contributed by atoms with Gasteiger partial charge in [-0.15, -0.1) is 0 Å². The number of aryl methyl sites for hydroxylation is 1. The smallest absolute Gasteiger partial charge is 0.277 e. The maximum atomic E-state index is 12.3. The maximum absolute atomic E-state index is 12.3. The van der Waals surface area contributed by atoms with Crippen LogP contribution in [-0.4, -0.2) is 41.3 Å². The van der Waals surface area contributed by atoms with Gasteiger partial charge in [0.05, 0.1) is 12.2 Å². The lowest BCUT2D eigenvalue weighted by atomic mass is 10.1. The number of hydrogen-bond donors (Lipinski definition) is 2. The summed E-state index contributed by atoms with van der Waals surface area (Å²) in [5.74, 6) is 1.81. The third-order valence-electron chi connectivity index (χ3n) is 4.22. The lowest BCUT2D eigenvalue weighted by molar-refractivity contribution is 0.174. The van der Waals surface area contributed by atoms with Gasteiger partial charge in [-0.3, -0.25) is 4.57 Å². The molecule has 0 atom stereocenters. The number of benzene rings is 1. The number of nitrogens with zero attached hydrogens (tertiary/aromatic N) is 4. The van der Waals surface area contributed by atoms with Crippen molar-refractivity contribution in [2.45, 2.75) is 19.9 Å². The standard InChI is InChI=1S/C18H20N6O4S/c1-13-8-15(23-18(22-13)24-7-6-19-11-24)10-21-29(25,26)20-5-4-14-2-3-16-17(9-14)28-12-27-16/h2-3,6-9,11,20-21H,4-5,10,12H2,1H3. The molecule has 0 bridgehead atoms. The van der Waals surface area contributed by atoms with E-state index in [1.165, 1.54) is 0 Å². The van der Waals surface area contributed by atoms with E-state index >= 15 is 0 Å². The highest BCUT2D eigenvalue weighted by molar-refractivity contribution is 7.87. The number of ether oxygens (including phenoxy) is 2. The molecular weight excluding hydrogens is 396 g/mol. The molecule has 11 heteroatoms. The molecule has 0 saturated heterocycles. The average Bonchev–Trinajstić information content (AvgIpc) is 3.37. The van der Waals surface area contributed by atoms with Gasteiger partial charge >= 0.3 is 0 Å². The average molecular weight is 416 g/mol. The van der Waals surface area contributed by atoms with Gasteiger partial charge in [-0.1, -0.05) is 6.07 Å². The van der Waals surface area contributed by atoms with Crippen LogP contribution in [0.25, 0.3) is 5.95 Å². The Bertz CT molecular complexity index is 1100. The summed E-state index contributed by atoms with van der Waals surface area (Å²) in [6.07, 6.45) is 5.45. The zero-order valence-electron chi connectivity index (χ0n) is 15.7. The van der Waals surface area contributed by atoms with Crippen LogP contribution in [0.3, 0.4) is 0 Å². The topological polar surface area (TPSA) is 120 Å². The first kappa shape index (κ1) is 19.3. The molecule has 3 heterocycles. The SMILES string of the molecule is Cc1cc(CNS(=O)(=O)NCCc2ccc3c(c2)OCO3)nc(-n2ccnc2)n1. The van der Waals surface area contributed by atoms with Crippen LogP contribution in [0.5, 0.6) is 11.5 Å². The first-order chi connectivity index (χ1) is 14.0. The Labute approximate surface area is 168 Å². The molecule has 4 rings (SSSR count). The molecule has 0 amide bonds. The highest BCUT2D eigenvalue weighted by atomic mass is 32.2. The summed E-state index contributed by atoms with van der Waals surface area (Å²) < 4.78 is 41.8. The second kappa shape index (κ2) is 8.15. The van der Waals surface area contributed by atoms with E-state index in [2.05, 4.69) is 24.4 Å². The Hall–Kier alpha value is -3.02. The minimum absolute atomic E-state index is 0.0460. The summed E-state index contributed by atoms with van der Waals surface area (Å²) in [5.41, 5.74) is 2.24. The summed E-state index contributed by atoms with van der Waals surface area (Å²) in [4.78, 5) is 12.7. The predicted octanol–water partition coefficient (Wildman–Crippen LogP) is 0.866. The van der Waals surface area contributed by atoms with Crippen molar-refractivity contribution in [2.24, 2.45) is 0 Å². The number of nitrogens with one attached hydrogen (secondary N) is 2. The van der Waals surface area contributed by atoms with Crippen molar-refractivity contribution in [3.8, 4) is 17.4 Å². The van der Waals surface area contributed by atoms with Crippen LogP contribution in [0.15, 0.2) is 43.0 Å². The normalized spacial score (nSPS) is 13.0. The van der Waals surface area contributed by atoms with Crippen LogP contribution in [0.4, 0.5) is 0 Å². The van der Waals surface area contributed by atoms with Crippen LogP contribution in [0.1, 0.15) is 17.0 Å². The van der Waals surface area contributed by atoms with E-state index in [0.717, 1.165) is 11.3 Å². The molecule has 0 unspecified atom stereocenters. The second-order valence-corrected chi connectivity index (χ2v) is 8.01. The monoisotopic (exact) mass is 416 g/mol. The highest BCUT2D eigenvalue weighted by Crippen LogP contribution is 2.32. The number of aromatic nitrogens is 4. The van der Waals surface area contributed by atoms with Crippen molar-refractivity contribution >= 4 is 10.2 Å². The van der Waals surface area contributed by atoms with Crippen LogP contribution in [0, 0.1) is 6.92 Å². The molecule has 10 nitrogen and oxygen atoms in total. The Morgan fingerprint density at radius 2 is 2.00 bits per heavy atom. The molecule has 0 radical (unpaired) electrons. The van der Waals surface area contributed by atoms with Crippen molar-refractivity contribution in [3.63, 3.8) is 0 Å². The fourth-order valence-corrected chi connectivity index (χ4v) is 3.66. The van der Waals surface area contributed by atoms with Gasteiger partial charge in [0.15, 0.2) is 11.5 Å². The van der Waals surface area contributed by atoms with Crippen molar-refractivity contribution in [1.82, 2.24) is 29.0 Å². The lowest BCUT2D eigenvalue weighted by Crippen LogP contribution is -2.37. The molecule has 29 heavy (non-hydrogen) atoms. The molecule has 2 aromatic heterocycles. The molecule has 1 aliphatic rings. The molecule has 1 aliphatic heterocycles. The zero-order chi connectivity index (χ0) is 20.3. The van der Waals surface area contributed by atoms with Gasteiger partial charge in [0.2, 0.25) is 12.7 Å². The van der Waals surface area contributed by atoms with E-state index in [-0.39, 0.29) is 19.9 Å². The number of fused-ring (bicyclic) bond motifs is 1. The van der Waals surface area contributed by atoms with Crippen molar-refractivity contribution in [3.05, 3.63) is 59.9 Å². The predicted molar refractivity (Wildman–Crippen MR) is 104 cm³/mol. The number of rotatable bonds is 8. The lowest BCUT2D eigenvalue weighted by Gasteiger charge is -2.10. The largest absolute Gasteiger partial charge is 0.454 e. The quantitative estimate of drug-likeness (QED) is 0.559. The van der Waals surface area contributed by atoms with Gasteiger partial charge in [0, 0.05) is 24.6 Å². The van der Waals surface area contributed by atoms with E-state index < -0.39 is 10.2 Å². The van der Waals surface area contributed by atoms with Crippen LogP contribution in [-0.2, 0) is 23.2 Å². The van der Waals surface area contributed by atoms with E-state index in [4.69, 9.17) is 9.47 Å². The van der Waals surface area contributed by atoms with Crippen molar-refractivity contribution < 1.29 is 17.9 Å². The van der Waals surface area contributed by atoms with E-state index in [1.807, 2.05) is 25.1 Å². The first-order valence-electron chi connectivity index (χ1n) is 8.94. The summed E-state index contributed by atoms with van der Waals surface area (Å²) >= 11 is 0. The molecule has 1 aromatic carbocycles. The summed E-state index contributed by atoms with van der Waals surface area (Å²) in [7, 11) is -3.68. The Morgan fingerprint density at radius 3 is 2.83 bits per heavy atom. The van der Waals surface area contributed by atoms with Gasteiger partial charge < -0.3 is 9.47 Å². The summed E-state index contributed by atoms with van der Waals surface area (Å²) in [6.45, 7) is 2.33. The molecule has 2 N–H and O–H groups in total. The molecule has 0 fully saturated rings. The molecule has 3 aromatic rings. The van der Waals surface area contributed by atoms with Gasteiger partial charge in [-0.2, -0.15) is 13.1 Å². The minimum Gasteiger partial charge on any atom is -0.454 e. The molecule has 0 spiro atoms. The fraction of sp³-hybridized carbons (Fsp3) is 0.278. The molecule has 152 valence electrons. The number of hydrogen-bond acceptors (Lipinski definition) is 7.